The smallest absolute Gasteiger partial charge is 0.0455 e. The van der Waals surface area contributed by atoms with Crippen molar-refractivity contribution in [2.75, 3.05) is 0 Å². The highest BCUT2D eigenvalue weighted by Crippen LogP contribution is 1.95. The topological polar surface area (TPSA) is 38.4 Å². The van der Waals surface area contributed by atoms with Crippen LogP contribution in [0, 0.1) is 0 Å². The van der Waals surface area contributed by atoms with E-state index in [0.717, 1.165) is 12.1 Å². The largest absolute Gasteiger partial charge is 0.401 e. The van der Waals surface area contributed by atoms with Crippen molar-refractivity contribution in [1.82, 2.24) is 0 Å². The lowest BCUT2D eigenvalue weighted by Gasteiger charge is -1.78. The molecule has 2 N–H and O–H groups in total. The first-order chi connectivity index (χ1) is 2.89. The maximum atomic E-state index is 5.27. The van der Waals surface area contributed by atoms with Crippen LogP contribution in [0.2, 0.25) is 0 Å². The van der Waals surface area contributed by atoms with E-state index in [0.29, 0.717) is 0 Å². The van der Waals surface area contributed by atoms with E-state index in [-0.39, 0.29) is 0 Å². The van der Waals surface area contributed by atoms with Gasteiger partial charge >= 0.3 is 0 Å². The number of aliphatic imine (C=N–C) groups is 1. The van der Waals surface area contributed by atoms with Crippen molar-refractivity contribution in [3.05, 3.63) is 11.9 Å². The van der Waals surface area contributed by atoms with Gasteiger partial charge in [-0.15, -0.1) is 0 Å². The molecule has 0 aliphatic carbocycles. The van der Waals surface area contributed by atoms with Crippen molar-refractivity contribution in [2.24, 2.45) is 10.7 Å². The first-order valence-electron chi connectivity index (χ1n) is 1.86. The number of allylic oxidation sites excluding steroid dienone is 1. The lowest BCUT2D eigenvalue weighted by molar-refractivity contribution is 1.26. The Morgan fingerprint density at radius 2 is 2.67 bits per heavy atom. The number of nitrogens with two attached hydrogens (primary N) is 1. The van der Waals surface area contributed by atoms with Crippen molar-refractivity contribution in [3.8, 4) is 0 Å². The minimum Gasteiger partial charge on any atom is -0.401 e. The summed E-state index contributed by atoms with van der Waals surface area (Å²) in [5, 5.41) is 0. The molecule has 1 rings (SSSR count). The molecular weight excluding hydrogens is 76.1 g/mol. The Hall–Kier alpha value is -0.790. The highest BCUT2D eigenvalue weighted by atomic mass is 14.8. The summed E-state index contributed by atoms with van der Waals surface area (Å²) in [5.74, 6) is 0. The first kappa shape index (κ1) is 3.40. The predicted molar refractivity (Wildman–Crippen MR) is 25.4 cm³/mol. The highest BCUT2D eigenvalue weighted by Gasteiger charge is 1.88. The molecule has 0 aromatic rings. The van der Waals surface area contributed by atoms with Crippen LogP contribution in [0.4, 0.5) is 0 Å². The second kappa shape index (κ2) is 1.12. The number of hydrogen-bond acceptors (Lipinski definition) is 2. The maximum Gasteiger partial charge on any atom is 0.0455 e. The fraction of sp³-hybridized carbons (Fsp3) is 0.250. The van der Waals surface area contributed by atoms with Gasteiger partial charge < -0.3 is 5.73 Å². The first-order valence-corrected chi connectivity index (χ1v) is 1.86. The fourth-order valence-electron chi connectivity index (χ4n) is 0.359. The molecule has 2 heteroatoms. The molecular formula is C4H6N2. The second-order valence-corrected chi connectivity index (χ2v) is 1.24. The molecule has 0 aromatic carbocycles. The standard InChI is InChI=1S/C4H6N2/c5-4-1-2-6-3-4/h2-3H,1,5H2. The summed E-state index contributed by atoms with van der Waals surface area (Å²) in [5.41, 5.74) is 6.13. The third-order valence-electron chi connectivity index (χ3n) is 0.673. The van der Waals surface area contributed by atoms with Gasteiger partial charge in [-0.25, -0.2) is 0 Å². The van der Waals surface area contributed by atoms with Crippen LogP contribution in [0.5, 0.6) is 0 Å². The van der Waals surface area contributed by atoms with E-state index in [1.165, 1.54) is 0 Å². The van der Waals surface area contributed by atoms with Crippen molar-refractivity contribution in [3.63, 3.8) is 0 Å². The number of hydrogen-bond donors (Lipinski definition) is 1. The third-order valence-corrected chi connectivity index (χ3v) is 0.673. The Morgan fingerprint density at radius 1 is 1.83 bits per heavy atom. The third kappa shape index (κ3) is 0.407. The molecule has 0 atom stereocenters. The highest BCUT2D eigenvalue weighted by molar-refractivity contribution is 5.64. The number of nitrogens with zero attached hydrogens (tertiary/aromatic N) is 1. The van der Waals surface area contributed by atoms with Crippen LogP contribution in [-0.4, -0.2) is 6.21 Å². The van der Waals surface area contributed by atoms with Crippen LogP contribution in [-0.2, 0) is 0 Å². The van der Waals surface area contributed by atoms with Crippen LogP contribution in [0.15, 0.2) is 16.9 Å². The Kier molecular flexibility index (Phi) is 0.638. The fourth-order valence-corrected chi connectivity index (χ4v) is 0.359. The van der Waals surface area contributed by atoms with Gasteiger partial charge in [-0.3, -0.25) is 4.99 Å². The summed E-state index contributed by atoms with van der Waals surface area (Å²) in [7, 11) is 0. The van der Waals surface area contributed by atoms with Crippen LogP contribution in [0.1, 0.15) is 6.42 Å². The average Bonchev–Trinajstić information content (AvgIpc) is 1.86. The van der Waals surface area contributed by atoms with Gasteiger partial charge in [-0.05, 0) is 0 Å². The Labute approximate surface area is 36.4 Å². The SMILES string of the molecule is NC1=CN=CC1. The van der Waals surface area contributed by atoms with Crippen LogP contribution in [0.25, 0.3) is 0 Å². The minimum atomic E-state index is 0.833. The average molecular weight is 82.1 g/mol. The molecule has 32 valence electrons. The van der Waals surface area contributed by atoms with Gasteiger partial charge in [0.2, 0.25) is 0 Å². The summed E-state index contributed by atoms with van der Waals surface area (Å²) < 4.78 is 0. The second-order valence-electron chi connectivity index (χ2n) is 1.24. The Morgan fingerprint density at radius 3 is 2.83 bits per heavy atom. The summed E-state index contributed by atoms with van der Waals surface area (Å²) in [4.78, 5) is 3.75. The van der Waals surface area contributed by atoms with Gasteiger partial charge in [0.25, 0.3) is 0 Å². The van der Waals surface area contributed by atoms with Gasteiger partial charge in [0, 0.05) is 24.5 Å². The van der Waals surface area contributed by atoms with Gasteiger partial charge in [-0.2, -0.15) is 0 Å². The van der Waals surface area contributed by atoms with Crippen LogP contribution in [0.3, 0.4) is 0 Å². The van der Waals surface area contributed by atoms with Crippen LogP contribution < -0.4 is 5.73 Å². The van der Waals surface area contributed by atoms with Gasteiger partial charge in [-0.1, -0.05) is 0 Å². The van der Waals surface area contributed by atoms with E-state index in [2.05, 4.69) is 4.99 Å². The Balaban J connectivity index is 2.61. The zero-order valence-electron chi connectivity index (χ0n) is 3.39. The zero-order valence-corrected chi connectivity index (χ0v) is 3.39. The molecule has 0 fully saturated rings. The minimum absolute atomic E-state index is 0.833. The zero-order chi connectivity index (χ0) is 4.41. The lowest BCUT2D eigenvalue weighted by Crippen LogP contribution is -1.91. The van der Waals surface area contributed by atoms with Crippen molar-refractivity contribution < 1.29 is 0 Å². The molecule has 0 saturated heterocycles. The molecule has 0 aromatic heterocycles. The van der Waals surface area contributed by atoms with Gasteiger partial charge in [0.05, 0.1) is 0 Å². The molecule has 2 nitrogen and oxygen atoms in total. The van der Waals surface area contributed by atoms with E-state index >= 15 is 0 Å². The van der Waals surface area contributed by atoms with Crippen molar-refractivity contribution >= 4 is 6.21 Å². The molecule has 0 bridgehead atoms. The van der Waals surface area contributed by atoms with Crippen molar-refractivity contribution in [2.45, 2.75) is 6.42 Å². The van der Waals surface area contributed by atoms with E-state index in [1.807, 2.05) is 0 Å². The monoisotopic (exact) mass is 82.1 g/mol. The molecule has 0 amide bonds. The lowest BCUT2D eigenvalue weighted by atomic mass is 10.4. The molecule has 6 heavy (non-hydrogen) atoms. The van der Waals surface area contributed by atoms with E-state index < -0.39 is 0 Å². The van der Waals surface area contributed by atoms with Crippen LogP contribution >= 0.6 is 0 Å². The summed E-state index contributed by atoms with van der Waals surface area (Å²) in [6, 6.07) is 0. The molecule has 1 aliphatic rings. The van der Waals surface area contributed by atoms with Gasteiger partial charge in [0.15, 0.2) is 0 Å². The molecule has 1 heterocycles. The molecule has 0 spiro atoms. The summed E-state index contributed by atoms with van der Waals surface area (Å²) >= 11 is 0. The predicted octanol–water partition coefficient (Wildman–Crippen LogP) is 0.261. The molecule has 0 saturated carbocycles. The quantitative estimate of drug-likeness (QED) is 0.447. The molecule has 0 unspecified atom stereocenters. The summed E-state index contributed by atoms with van der Waals surface area (Å²) in [6.45, 7) is 0. The molecule has 0 radical (unpaired) electrons. The van der Waals surface area contributed by atoms with E-state index in [4.69, 9.17) is 5.73 Å². The summed E-state index contributed by atoms with van der Waals surface area (Å²) in [6.07, 6.45) is 4.29. The van der Waals surface area contributed by atoms with Crippen molar-refractivity contribution in [1.29, 1.82) is 0 Å². The number of rotatable bonds is 0. The maximum absolute atomic E-state index is 5.27. The van der Waals surface area contributed by atoms with E-state index in [9.17, 15) is 0 Å². The van der Waals surface area contributed by atoms with Gasteiger partial charge in [0.1, 0.15) is 0 Å². The normalized spacial score (nSPS) is 18.3. The Bertz CT molecular complexity index is 102. The molecule has 1 aliphatic heterocycles. The van der Waals surface area contributed by atoms with E-state index in [1.54, 1.807) is 12.4 Å².